The van der Waals surface area contributed by atoms with Crippen molar-refractivity contribution in [2.75, 3.05) is 0 Å². The molecule has 0 fully saturated rings. The Kier molecular flexibility index (Phi) is 8.78. The molecule has 0 atom stereocenters. The standard InChI is InChI=1S/C39H5F21/c40-6-4-9(22(42)10(41)5-6)7-2-1-3-8(12-20-15(27(47)33(53)25(12)45)16-21(39(20,59)60)32(52)38(58)35(55)28(16)48)11(7)13-14-17(29(49)34(54)26(13)46)24(44)19-18(23(14)43)30(50)36(56)37(57)31(19)51/h1-5H. The number of halogens is 21. The topological polar surface area (TPSA) is 0 Å². The van der Waals surface area contributed by atoms with Crippen LogP contribution in [0.3, 0.4) is 0 Å². The third kappa shape index (κ3) is 4.93. The number of rotatable bonds is 3. The Labute approximate surface area is 316 Å². The van der Waals surface area contributed by atoms with Crippen LogP contribution in [0.5, 0.6) is 0 Å². The van der Waals surface area contributed by atoms with Gasteiger partial charge < -0.3 is 0 Å². The molecule has 0 spiro atoms. The summed E-state index contributed by atoms with van der Waals surface area (Å²) in [5.74, 6) is -58.4. The van der Waals surface area contributed by atoms with Crippen molar-refractivity contribution in [3.8, 4) is 44.5 Å². The first-order valence-electron chi connectivity index (χ1n) is 15.9. The Bertz CT molecular complexity index is 3170. The Balaban J connectivity index is 1.69. The molecule has 1 aliphatic carbocycles. The third-order valence-electron chi connectivity index (χ3n) is 9.81. The molecule has 308 valence electrons. The van der Waals surface area contributed by atoms with Crippen LogP contribution in [0.4, 0.5) is 92.2 Å². The van der Waals surface area contributed by atoms with Crippen LogP contribution in [-0.2, 0) is 5.92 Å². The number of benzene rings is 7. The van der Waals surface area contributed by atoms with Gasteiger partial charge in [-0.15, -0.1) is 0 Å². The zero-order valence-electron chi connectivity index (χ0n) is 27.8. The Hall–Kier alpha value is -6.41. The summed E-state index contributed by atoms with van der Waals surface area (Å²) < 4.78 is 323. The van der Waals surface area contributed by atoms with Crippen LogP contribution >= 0.6 is 0 Å². The molecule has 0 amide bonds. The van der Waals surface area contributed by atoms with Crippen molar-refractivity contribution in [1.29, 1.82) is 0 Å². The molecule has 0 saturated carbocycles. The van der Waals surface area contributed by atoms with Crippen molar-refractivity contribution in [2.45, 2.75) is 5.92 Å². The van der Waals surface area contributed by atoms with Gasteiger partial charge in [0.05, 0.1) is 21.7 Å². The largest absolute Gasteiger partial charge is 0.303 e. The minimum atomic E-state index is -5.59. The van der Waals surface area contributed by atoms with Crippen LogP contribution in [0, 0.1) is 111 Å². The lowest BCUT2D eigenvalue weighted by Crippen LogP contribution is -2.18. The van der Waals surface area contributed by atoms with E-state index in [0.29, 0.717) is 12.1 Å². The lowest BCUT2D eigenvalue weighted by molar-refractivity contribution is 0.0430. The lowest BCUT2D eigenvalue weighted by atomic mass is 9.82. The van der Waals surface area contributed by atoms with E-state index in [1.54, 1.807) is 0 Å². The van der Waals surface area contributed by atoms with Gasteiger partial charge in [-0.1, -0.05) is 18.2 Å². The van der Waals surface area contributed by atoms with E-state index in [4.69, 9.17) is 0 Å². The molecule has 0 aromatic heterocycles. The van der Waals surface area contributed by atoms with Crippen LogP contribution in [0.25, 0.3) is 66.1 Å². The SMILES string of the molecule is Fc1cc(F)c(F)c(-c2cccc(-c3c(F)c(F)c(F)c4c3C(F)(F)c3c(F)c(F)c(F)c(F)c3-4)c2-c2c(F)c(F)c(F)c3c(F)c4c(F)c(F)c(F)c(F)c4c(F)c23)c1. The molecule has 0 unspecified atom stereocenters. The Morgan fingerprint density at radius 2 is 0.683 bits per heavy atom. The second-order valence-corrected chi connectivity index (χ2v) is 12.8. The number of alkyl halides is 2. The minimum Gasteiger partial charge on any atom is -0.207 e. The zero-order chi connectivity index (χ0) is 44.1. The molecule has 0 heterocycles. The predicted octanol–water partition coefficient (Wildman–Crippen LogP) is 13.8. The van der Waals surface area contributed by atoms with Crippen LogP contribution < -0.4 is 0 Å². The normalized spacial score (nSPS) is 13.2. The summed E-state index contributed by atoms with van der Waals surface area (Å²) in [7, 11) is 0. The van der Waals surface area contributed by atoms with Crippen LogP contribution in [0.2, 0.25) is 0 Å². The number of fused-ring (bicyclic) bond motifs is 5. The van der Waals surface area contributed by atoms with E-state index in [0.717, 1.165) is 0 Å². The molecule has 1 aliphatic rings. The van der Waals surface area contributed by atoms with Gasteiger partial charge in [0.2, 0.25) is 0 Å². The van der Waals surface area contributed by atoms with Crippen LogP contribution in [-0.4, -0.2) is 0 Å². The third-order valence-corrected chi connectivity index (χ3v) is 9.81. The van der Waals surface area contributed by atoms with Crippen molar-refractivity contribution >= 4 is 21.5 Å². The molecular weight excluding hydrogens is 867 g/mol. The molecular formula is C39H5F21. The maximum Gasteiger partial charge on any atom is 0.303 e. The van der Waals surface area contributed by atoms with Gasteiger partial charge in [0.25, 0.3) is 0 Å². The van der Waals surface area contributed by atoms with E-state index in [2.05, 4.69) is 0 Å². The highest BCUT2D eigenvalue weighted by Crippen LogP contribution is 2.60. The molecule has 0 bridgehead atoms. The number of hydrogen-bond acceptors (Lipinski definition) is 0. The van der Waals surface area contributed by atoms with Gasteiger partial charge in [-0.3, -0.25) is 0 Å². The first-order chi connectivity index (χ1) is 28.0. The van der Waals surface area contributed by atoms with Crippen molar-refractivity contribution in [3.63, 3.8) is 0 Å². The highest BCUT2D eigenvalue weighted by Gasteiger charge is 2.55. The van der Waals surface area contributed by atoms with E-state index in [1.807, 2.05) is 0 Å². The lowest BCUT2D eigenvalue weighted by Gasteiger charge is -2.24. The van der Waals surface area contributed by atoms with E-state index in [1.165, 1.54) is 0 Å². The Morgan fingerprint density at radius 3 is 1.25 bits per heavy atom. The van der Waals surface area contributed by atoms with Gasteiger partial charge in [0.1, 0.15) is 17.5 Å². The molecule has 0 radical (unpaired) electrons. The first kappa shape index (κ1) is 40.4. The van der Waals surface area contributed by atoms with E-state index in [9.17, 15) is 30.7 Å². The van der Waals surface area contributed by atoms with E-state index in [-0.39, 0.29) is 18.2 Å². The van der Waals surface area contributed by atoms with Crippen LogP contribution in [0.15, 0.2) is 30.3 Å². The first-order valence-corrected chi connectivity index (χ1v) is 15.9. The average molecular weight is 872 g/mol. The summed E-state index contributed by atoms with van der Waals surface area (Å²) in [5, 5.41) is -9.41. The summed E-state index contributed by atoms with van der Waals surface area (Å²) in [4.78, 5) is 0. The van der Waals surface area contributed by atoms with Gasteiger partial charge in [-0.25, -0.2) is 83.4 Å². The van der Waals surface area contributed by atoms with Crippen LogP contribution in [0.1, 0.15) is 11.1 Å². The average Bonchev–Trinajstić information content (AvgIpc) is 3.45. The monoisotopic (exact) mass is 872 g/mol. The quantitative estimate of drug-likeness (QED) is 0.0718. The van der Waals surface area contributed by atoms with E-state index < -0.39 is 194 Å². The summed E-state index contributed by atoms with van der Waals surface area (Å²) in [6, 6.07) is 0.620. The van der Waals surface area contributed by atoms with Gasteiger partial charge in [-0.05, 0) is 17.2 Å². The molecule has 60 heavy (non-hydrogen) atoms. The zero-order valence-corrected chi connectivity index (χ0v) is 27.8. The highest BCUT2D eigenvalue weighted by atomic mass is 19.3. The maximum atomic E-state index is 16.6. The van der Waals surface area contributed by atoms with Gasteiger partial charge in [0.15, 0.2) is 93.1 Å². The predicted molar refractivity (Wildman–Crippen MR) is 165 cm³/mol. The fraction of sp³-hybridized carbons (Fsp3) is 0.0256. The van der Waals surface area contributed by atoms with Crippen molar-refractivity contribution in [3.05, 3.63) is 152 Å². The molecule has 0 aliphatic heterocycles. The van der Waals surface area contributed by atoms with Gasteiger partial charge in [0, 0.05) is 50.4 Å². The fourth-order valence-corrected chi connectivity index (χ4v) is 7.37. The van der Waals surface area contributed by atoms with Crippen molar-refractivity contribution in [1.82, 2.24) is 0 Å². The second kappa shape index (κ2) is 13.0. The van der Waals surface area contributed by atoms with Gasteiger partial charge >= 0.3 is 5.92 Å². The van der Waals surface area contributed by atoms with E-state index >= 15 is 61.5 Å². The summed E-state index contributed by atoms with van der Waals surface area (Å²) >= 11 is 0. The fourth-order valence-electron chi connectivity index (χ4n) is 7.37. The minimum absolute atomic E-state index is 0.0483. The second-order valence-electron chi connectivity index (χ2n) is 12.8. The molecule has 0 N–H and O–H groups in total. The molecule has 21 heteroatoms. The van der Waals surface area contributed by atoms with Gasteiger partial charge in [-0.2, -0.15) is 8.78 Å². The summed E-state index contributed by atoms with van der Waals surface area (Å²) in [5.41, 5.74) is -21.5. The molecule has 7 aromatic rings. The maximum absolute atomic E-state index is 16.6. The smallest absolute Gasteiger partial charge is 0.207 e. The number of hydrogen-bond donors (Lipinski definition) is 0. The summed E-state index contributed by atoms with van der Waals surface area (Å²) in [6.07, 6.45) is 0. The molecule has 0 nitrogen and oxygen atoms in total. The highest BCUT2D eigenvalue weighted by molar-refractivity contribution is 6.11. The molecule has 8 rings (SSSR count). The molecule has 7 aromatic carbocycles. The summed E-state index contributed by atoms with van der Waals surface area (Å²) in [6.45, 7) is 0. The molecule has 0 saturated heterocycles. The van der Waals surface area contributed by atoms with Crippen molar-refractivity contribution in [2.24, 2.45) is 0 Å². The van der Waals surface area contributed by atoms with Crippen molar-refractivity contribution < 1.29 is 92.2 Å². The Morgan fingerprint density at radius 1 is 0.283 bits per heavy atom.